The van der Waals surface area contributed by atoms with Gasteiger partial charge in [0.05, 0.1) is 19.3 Å². The normalized spacial score (nSPS) is 17.8. The van der Waals surface area contributed by atoms with Crippen molar-refractivity contribution in [3.8, 4) is 5.75 Å². The first-order valence-electron chi connectivity index (χ1n) is 10.2. The summed E-state index contributed by atoms with van der Waals surface area (Å²) in [5.41, 5.74) is 10.6. The quantitative estimate of drug-likeness (QED) is 0.444. The molecule has 0 saturated carbocycles. The Hall–Kier alpha value is -3.46. The SMILES string of the molecule is Nc1cc(C2CCNCCCOc3cccc(c3)Cn3cc2cn3)c2n[nH]nc2n1. The van der Waals surface area contributed by atoms with Gasteiger partial charge in [-0.1, -0.05) is 12.1 Å². The van der Waals surface area contributed by atoms with Crippen molar-refractivity contribution in [1.82, 2.24) is 35.5 Å². The number of hydrogen-bond acceptors (Lipinski definition) is 7. The fraction of sp³-hybridized carbons (Fsp3) is 0.333. The molecule has 0 fully saturated rings. The average molecular weight is 404 g/mol. The molecule has 9 heteroatoms. The third-order valence-corrected chi connectivity index (χ3v) is 5.39. The van der Waals surface area contributed by atoms with E-state index in [2.05, 4.69) is 49.1 Å². The monoisotopic (exact) mass is 404 g/mol. The molecule has 1 aliphatic heterocycles. The number of pyridine rings is 1. The lowest BCUT2D eigenvalue weighted by atomic mass is 9.90. The Morgan fingerprint density at radius 2 is 2.13 bits per heavy atom. The summed E-state index contributed by atoms with van der Waals surface area (Å²) in [6.45, 7) is 3.11. The zero-order valence-electron chi connectivity index (χ0n) is 16.6. The molecular formula is C21H24N8O. The molecular weight excluding hydrogens is 380 g/mol. The van der Waals surface area contributed by atoms with Gasteiger partial charge in [0.2, 0.25) is 5.65 Å². The number of nitrogen functional groups attached to an aromatic ring is 1. The fourth-order valence-corrected chi connectivity index (χ4v) is 3.97. The molecule has 1 aromatic carbocycles. The molecule has 30 heavy (non-hydrogen) atoms. The van der Waals surface area contributed by atoms with Gasteiger partial charge >= 0.3 is 0 Å². The molecule has 4 heterocycles. The average Bonchev–Trinajstić information content (AvgIpc) is 3.39. The summed E-state index contributed by atoms with van der Waals surface area (Å²) in [5, 5.41) is 19.3. The van der Waals surface area contributed by atoms with E-state index < -0.39 is 0 Å². The standard InChI is InChI=1S/C21H24N8O/c22-19-10-18(20-21(25-19)27-28-26-20)17-5-7-23-6-2-8-30-16-4-1-3-14(9-16)12-29-13-15(17)11-24-29/h1,3-4,9-11,13,17,23H,2,5-8,12H2,(H3,22,25,26,27,28). The molecule has 1 aliphatic rings. The molecule has 4 aromatic rings. The zero-order valence-corrected chi connectivity index (χ0v) is 16.6. The fourth-order valence-electron chi connectivity index (χ4n) is 3.97. The molecule has 154 valence electrons. The van der Waals surface area contributed by atoms with Crippen LogP contribution in [0.5, 0.6) is 5.75 Å². The highest BCUT2D eigenvalue weighted by Crippen LogP contribution is 2.32. The largest absolute Gasteiger partial charge is 0.494 e. The van der Waals surface area contributed by atoms with Gasteiger partial charge in [-0.25, -0.2) is 4.98 Å². The number of H-pyrrole nitrogens is 1. The van der Waals surface area contributed by atoms with E-state index in [1.807, 2.05) is 29.1 Å². The molecule has 5 rings (SSSR count). The number of nitrogens with two attached hydrogens (primary N) is 1. The van der Waals surface area contributed by atoms with E-state index >= 15 is 0 Å². The van der Waals surface area contributed by atoms with Gasteiger partial charge in [0.15, 0.2) is 0 Å². The summed E-state index contributed by atoms with van der Waals surface area (Å²) in [4.78, 5) is 4.28. The molecule has 0 aliphatic carbocycles. The summed E-state index contributed by atoms with van der Waals surface area (Å²) in [5.74, 6) is 1.42. The molecule has 4 N–H and O–H groups in total. The van der Waals surface area contributed by atoms with Crippen molar-refractivity contribution in [3.05, 3.63) is 59.4 Å². The highest BCUT2D eigenvalue weighted by molar-refractivity contribution is 5.77. The van der Waals surface area contributed by atoms with E-state index in [0.717, 1.165) is 53.9 Å². The van der Waals surface area contributed by atoms with Crippen LogP contribution in [0.15, 0.2) is 42.7 Å². The molecule has 0 spiro atoms. The Balaban J connectivity index is 1.53. The van der Waals surface area contributed by atoms with Gasteiger partial charge in [-0.05, 0) is 60.8 Å². The first-order valence-corrected chi connectivity index (χ1v) is 10.2. The Morgan fingerprint density at radius 1 is 1.17 bits per heavy atom. The van der Waals surface area contributed by atoms with Crippen LogP contribution in [0.4, 0.5) is 5.82 Å². The van der Waals surface area contributed by atoms with Gasteiger partial charge in [-0.3, -0.25) is 4.68 Å². The molecule has 1 atom stereocenters. The molecule has 4 bridgehead atoms. The number of fused-ring (bicyclic) bond motifs is 5. The van der Waals surface area contributed by atoms with Crippen molar-refractivity contribution < 1.29 is 4.74 Å². The number of anilines is 1. The molecule has 0 saturated heterocycles. The Bertz CT molecular complexity index is 1150. The predicted octanol–water partition coefficient (Wildman–Crippen LogP) is 2.07. The maximum atomic E-state index is 6.06. The maximum absolute atomic E-state index is 6.06. The van der Waals surface area contributed by atoms with Crippen LogP contribution in [0.2, 0.25) is 0 Å². The smallest absolute Gasteiger partial charge is 0.203 e. The van der Waals surface area contributed by atoms with Gasteiger partial charge in [0.1, 0.15) is 17.1 Å². The molecule has 1 unspecified atom stereocenters. The van der Waals surface area contributed by atoms with Crippen LogP contribution in [0, 0.1) is 0 Å². The molecule has 3 aromatic heterocycles. The van der Waals surface area contributed by atoms with Gasteiger partial charge in [-0.15, -0.1) is 5.10 Å². The molecule has 0 radical (unpaired) electrons. The second-order valence-electron chi connectivity index (χ2n) is 7.54. The Morgan fingerprint density at radius 3 is 3.10 bits per heavy atom. The summed E-state index contributed by atoms with van der Waals surface area (Å²) < 4.78 is 7.85. The van der Waals surface area contributed by atoms with Crippen LogP contribution in [-0.2, 0) is 6.54 Å². The lowest BCUT2D eigenvalue weighted by molar-refractivity contribution is 0.307. The predicted molar refractivity (Wildman–Crippen MR) is 113 cm³/mol. The van der Waals surface area contributed by atoms with Gasteiger partial charge in [-0.2, -0.15) is 15.4 Å². The van der Waals surface area contributed by atoms with E-state index in [4.69, 9.17) is 10.5 Å². The summed E-state index contributed by atoms with van der Waals surface area (Å²) in [7, 11) is 0. The number of ether oxygens (including phenoxy) is 1. The van der Waals surface area contributed by atoms with Crippen LogP contribution >= 0.6 is 0 Å². The van der Waals surface area contributed by atoms with Gasteiger partial charge in [0.25, 0.3) is 0 Å². The van der Waals surface area contributed by atoms with Crippen molar-refractivity contribution in [2.75, 3.05) is 25.4 Å². The number of hydrogen-bond donors (Lipinski definition) is 3. The third-order valence-electron chi connectivity index (χ3n) is 5.39. The second-order valence-corrected chi connectivity index (χ2v) is 7.54. The van der Waals surface area contributed by atoms with Crippen molar-refractivity contribution in [1.29, 1.82) is 0 Å². The van der Waals surface area contributed by atoms with Crippen LogP contribution in [0.1, 0.15) is 35.4 Å². The second kappa shape index (κ2) is 8.11. The first-order chi connectivity index (χ1) is 14.8. The number of aromatic nitrogens is 6. The number of rotatable bonds is 1. The van der Waals surface area contributed by atoms with E-state index in [0.29, 0.717) is 24.6 Å². The molecule has 0 amide bonds. The number of aromatic amines is 1. The van der Waals surface area contributed by atoms with Gasteiger partial charge < -0.3 is 15.8 Å². The molecule has 9 nitrogen and oxygen atoms in total. The minimum Gasteiger partial charge on any atom is -0.494 e. The Kier molecular flexibility index (Phi) is 5.02. The first kappa shape index (κ1) is 18.6. The van der Waals surface area contributed by atoms with Crippen LogP contribution in [-0.4, -0.2) is 49.9 Å². The van der Waals surface area contributed by atoms with Crippen molar-refractivity contribution in [3.63, 3.8) is 0 Å². The van der Waals surface area contributed by atoms with Crippen LogP contribution in [0.3, 0.4) is 0 Å². The minimum absolute atomic E-state index is 0.0804. The van der Waals surface area contributed by atoms with Gasteiger partial charge in [0, 0.05) is 12.1 Å². The lowest BCUT2D eigenvalue weighted by Crippen LogP contribution is -2.21. The zero-order chi connectivity index (χ0) is 20.3. The maximum Gasteiger partial charge on any atom is 0.203 e. The minimum atomic E-state index is 0.0804. The van der Waals surface area contributed by atoms with E-state index in [1.165, 1.54) is 0 Å². The number of nitrogens with zero attached hydrogens (tertiary/aromatic N) is 5. The topological polar surface area (TPSA) is 120 Å². The lowest BCUT2D eigenvalue weighted by Gasteiger charge is -2.17. The Labute approximate surface area is 173 Å². The summed E-state index contributed by atoms with van der Waals surface area (Å²) >= 11 is 0. The van der Waals surface area contributed by atoms with Crippen LogP contribution in [0.25, 0.3) is 11.2 Å². The van der Waals surface area contributed by atoms with E-state index in [1.54, 1.807) is 0 Å². The summed E-state index contributed by atoms with van der Waals surface area (Å²) in [6, 6.07) is 10.1. The van der Waals surface area contributed by atoms with Crippen LogP contribution < -0.4 is 15.8 Å². The summed E-state index contributed by atoms with van der Waals surface area (Å²) in [6.07, 6.45) is 5.85. The number of benzene rings is 1. The van der Waals surface area contributed by atoms with Crippen molar-refractivity contribution in [2.24, 2.45) is 0 Å². The highest BCUT2D eigenvalue weighted by Gasteiger charge is 2.22. The highest BCUT2D eigenvalue weighted by atomic mass is 16.5. The van der Waals surface area contributed by atoms with E-state index in [9.17, 15) is 0 Å². The van der Waals surface area contributed by atoms with Crippen molar-refractivity contribution >= 4 is 17.0 Å². The van der Waals surface area contributed by atoms with Crippen molar-refractivity contribution in [2.45, 2.75) is 25.3 Å². The van der Waals surface area contributed by atoms with E-state index in [-0.39, 0.29) is 5.92 Å². The third kappa shape index (κ3) is 3.84. The number of nitrogens with one attached hydrogen (secondary N) is 2.